The van der Waals surface area contributed by atoms with Crippen LogP contribution in [0.25, 0.3) is 26.3 Å². The van der Waals surface area contributed by atoms with Gasteiger partial charge in [-0.1, -0.05) is 36.4 Å². The lowest BCUT2D eigenvalue weighted by atomic mass is 10.2. The Morgan fingerprint density at radius 3 is 2.68 bits per heavy atom. The van der Waals surface area contributed by atoms with E-state index in [4.69, 9.17) is 0 Å². The van der Waals surface area contributed by atoms with Crippen LogP contribution >= 0.6 is 24.0 Å². The molecule has 0 amide bonds. The Labute approximate surface area is 169 Å². The summed E-state index contributed by atoms with van der Waals surface area (Å²) >= 11 is 5.93. The van der Waals surface area contributed by atoms with Crippen LogP contribution in [0.3, 0.4) is 0 Å². The fraction of sp³-hybridized carbons (Fsp3) is 0. The van der Waals surface area contributed by atoms with Crippen LogP contribution in [0, 0.1) is 0 Å². The summed E-state index contributed by atoms with van der Waals surface area (Å²) in [5.41, 5.74) is 3.76. The quantitative estimate of drug-likeness (QED) is 0.434. The highest BCUT2D eigenvalue weighted by molar-refractivity contribution is 7.80. The van der Waals surface area contributed by atoms with Gasteiger partial charge in [0, 0.05) is 10.6 Å². The molecule has 136 valence electrons. The van der Waals surface area contributed by atoms with E-state index in [0.717, 1.165) is 32.3 Å². The SMILES string of the molecule is Sc1nnnn1-c1cccc(Nc2ncnc3cc(-c4ccccc4)sc23)c1. The second-order valence-corrected chi connectivity index (χ2v) is 7.43. The molecule has 3 heterocycles. The van der Waals surface area contributed by atoms with Crippen LogP contribution in [0.2, 0.25) is 0 Å². The van der Waals surface area contributed by atoms with E-state index in [1.807, 2.05) is 42.5 Å². The zero-order valence-corrected chi connectivity index (χ0v) is 16.1. The van der Waals surface area contributed by atoms with Gasteiger partial charge in [-0.3, -0.25) is 0 Å². The lowest BCUT2D eigenvalue weighted by Crippen LogP contribution is -1.99. The lowest BCUT2D eigenvalue weighted by molar-refractivity contribution is 0.758. The number of benzene rings is 2. The first-order chi connectivity index (χ1) is 13.8. The van der Waals surface area contributed by atoms with E-state index in [1.54, 1.807) is 22.3 Å². The van der Waals surface area contributed by atoms with Gasteiger partial charge in [0.05, 0.1) is 15.9 Å². The number of aromatic nitrogens is 6. The standard InChI is InChI=1S/C19H13N7S2/c27-19-23-24-25-26(19)14-8-4-7-13(9-14)22-18-17-15(20-11-21-18)10-16(28-17)12-5-2-1-3-6-12/h1-11H,(H,20,21,22)(H,23,25,27). The van der Waals surface area contributed by atoms with Crippen molar-refractivity contribution < 1.29 is 0 Å². The van der Waals surface area contributed by atoms with E-state index in [-0.39, 0.29) is 0 Å². The number of tetrazole rings is 1. The molecule has 0 saturated carbocycles. The van der Waals surface area contributed by atoms with Crippen LogP contribution in [0.15, 0.2) is 72.1 Å². The highest BCUT2D eigenvalue weighted by atomic mass is 32.1. The fourth-order valence-corrected chi connectivity index (χ4v) is 4.15. The third kappa shape index (κ3) is 3.10. The van der Waals surface area contributed by atoms with Crippen molar-refractivity contribution in [2.45, 2.75) is 5.16 Å². The number of rotatable bonds is 4. The molecule has 5 aromatic rings. The summed E-state index contributed by atoms with van der Waals surface area (Å²) in [6.07, 6.45) is 1.57. The summed E-state index contributed by atoms with van der Waals surface area (Å²) in [6, 6.07) is 20.1. The minimum atomic E-state index is 0.423. The average Bonchev–Trinajstić information content (AvgIpc) is 3.36. The van der Waals surface area contributed by atoms with Gasteiger partial charge in [0.2, 0.25) is 5.16 Å². The third-order valence-corrected chi connectivity index (χ3v) is 5.63. The Kier molecular flexibility index (Phi) is 4.22. The summed E-state index contributed by atoms with van der Waals surface area (Å²) in [7, 11) is 0. The molecule has 0 spiro atoms. The average molecular weight is 403 g/mol. The summed E-state index contributed by atoms with van der Waals surface area (Å²) < 4.78 is 2.56. The predicted molar refractivity (Wildman–Crippen MR) is 113 cm³/mol. The van der Waals surface area contributed by atoms with Crippen molar-refractivity contribution in [1.29, 1.82) is 0 Å². The molecule has 0 atom stereocenters. The lowest BCUT2D eigenvalue weighted by Gasteiger charge is -2.08. The van der Waals surface area contributed by atoms with Crippen LogP contribution < -0.4 is 5.32 Å². The first-order valence-corrected chi connectivity index (χ1v) is 9.69. The maximum absolute atomic E-state index is 4.45. The molecule has 0 unspecified atom stereocenters. The predicted octanol–water partition coefficient (Wildman–Crippen LogP) is 4.37. The van der Waals surface area contributed by atoms with Crippen LogP contribution in [0.5, 0.6) is 0 Å². The number of thiol groups is 1. The summed E-state index contributed by atoms with van der Waals surface area (Å²) in [6.45, 7) is 0. The number of nitrogens with zero attached hydrogens (tertiary/aromatic N) is 6. The minimum Gasteiger partial charge on any atom is -0.339 e. The molecule has 2 aromatic carbocycles. The maximum Gasteiger partial charge on any atom is 0.211 e. The van der Waals surface area contributed by atoms with Crippen molar-refractivity contribution >= 4 is 45.7 Å². The smallest absolute Gasteiger partial charge is 0.211 e. The van der Waals surface area contributed by atoms with Gasteiger partial charge in [0.1, 0.15) is 6.33 Å². The van der Waals surface area contributed by atoms with Crippen molar-refractivity contribution in [3.05, 3.63) is 67.0 Å². The van der Waals surface area contributed by atoms with Gasteiger partial charge in [-0.05, 0) is 40.3 Å². The Hall–Kier alpha value is -3.30. The molecule has 0 aliphatic rings. The van der Waals surface area contributed by atoms with Gasteiger partial charge in [0.15, 0.2) is 5.82 Å². The van der Waals surface area contributed by atoms with E-state index in [2.05, 4.69) is 61.6 Å². The molecule has 28 heavy (non-hydrogen) atoms. The van der Waals surface area contributed by atoms with Gasteiger partial charge in [-0.2, -0.15) is 4.68 Å². The van der Waals surface area contributed by atoms with Crippen molar-refractivity contribution in [2.75, 3.05) is 5.32 Å². The molecule has 0 fully saturated rings. The zero-order valence-electron chi connectivity index (χ0n) is 14.4. The fourth-order valence-electron chi connectivity index (χ4n) is 2.89. The first-order valence-electron chi connectivity index (χ1n) is 8.43. The largest absolute Gasteiger partial charge is 0.339 e. The molecule has 3 aromatic heterocycles. The molecule has 7 nitrogen and oxygen atoms in total. The van der Waals surface area contributed by atoms with Crippen LogP contribution in [0.4, 0.5) is 11.5 Å². The van der Waals surface area contributed by atoms with Gasteiger partial charge < -0.3 is 5.32 Å². The Balaban J connectivity index is 1.52. The van der Waals surface area contributed by atoms with E-state index >= 15 is 0 Å². The number of fused-ring (bicyclic) bond motifs is 1. The summed E-state index contributed by atoms with van der Waals surface area (Å²) in [5.74, 6) is 0.761. The number of nitrogens with one attached hydrogen (secondary N) is 1. The third-order valence-electron chi connectivity index (χ3n) is 4.18. The second kappa shape index (κ2) is 7.02. The van der Waals surface area contributed by atoms with E-state index in [1.165, 1.54) is 5.56 Å². The Bertz CT molecular complexity index is 1260. The van der Waals surface area contributed by atoms with Crippen molar-refractivity contribution in [2.24, 2.45) is 0 Å². The molecular weight excluding hydrogens is 390 g/mol. The Morgan fingerprint density at radius 2 is 1.86 bits per heavy atom. The number of hydrogen-bond acceptors (Lipinski definition) is 8. The molecule has 5 rings (SSSR count). The number of anilines is 2. The summed E-state index contributed by atoms with van der Waals surface area (Å²) in [5, 5.41) is 15.2. The topological polar surface area (TPSA) is 81.4 Å². The molecule has 0 bridgehead atoms. The van der Waals surface area contributed by atoms with Gasteiger partial charge >= 0.3 is 0 Å². The normalized spacial score (nSPS) is 11.0. The zero-order chi connectivity index (χ0) is 18.9. The van der Waals surface area contributed by atoms with Crippen LogP contribution in [0.1, 0.15) is 0 Å². The minimum absolute atomic E-state index is 0.423. The molecule has 1 N–H and O–H groups in total. The molecule has 0 aliphatic heterocycles. The van der Waals surface area contributed by atoms with E-state index in [0.29, 0.717) is 5.16 Å². The molecule has 0 aliphatic carbocycles. The van der Waals surface area contributed by atoms with Gasteiger partial charge in [0.25, 0.3) is 0 Å². The van der Waals surface area contributed by atoms with Crippen molar-refractivity contribution in [3.8, 4) is 16.1 Å². The number of thiophene rings is 1. The van der Waals surface area contributed by atoms with Crippen molar-refractivity contribution in [1.82, 2.24) is 30.2 Å². The molecule has 0 radical (unpaired) electrons. The van der Waals surface area contributed by atoms with Gasteiger partial charge in [-0.25, -0.2) is 9.97 Å². The highest BCUT2D eigenvalue weighted by Crippen LogP contribution is 2.36. The Morgan fingerprint density at radius 1 is 0.964 bits per heavy atom. The highest BCUT2D eigenvalue weighted by Gasteiger charge is 2.11. The van der Waals surface area contributed by atoms with Crippen LogP contribution in [-0.2, 0) is 0 Å². The van der Waals surface area contributed by atoms with E-state index in [9.17, 15) is 0 Å². The van der Waals surface area contributed by atoms with Gasteiger partial charge in [-0.15, -0.1) is 29.1 Å². The monoisotopic (exact) mass is 403 g/mol. The molecule has 9 heteroatoms. The molecular formula is C19H13N7S2. The van der Waals surface area contributed by atoms with Crippen LogP contribution in [-0.4, -0.2) is 30.2 Å². The van der Waals surface area contributed by atoms with Crippen molar-refractivity contribution in [3.63, 3.8) is 0 Å². The molecule has 0 saturated heterocycles. The number of hydrogen-bond donors (Lipinski definition) is 2. The second-order valence-electron chi connectivity index (χ2n) is 5.98. The first kappa shape index (κ1) is 16.8. The summed E-state index contributed by atoms with van der Waals surface area (Å²) in [4.78, 5) is 10.0. The van der Waals surface area contributed by atoms with E-state index < -0.39 is 0 Å². The maximum atomic E-state index is 4.45.